The molecule has 4 nitrogen and oxygen atoms in total. The number of furan rings is 1. The molecule has 0 saturated heterocycles. The first-order valence-electron chi connectivity index (χ1n) is 5.71. The van der Waals surface area contributed by atoms with Gasteiger partial charge >= 0.3 is 0 Å². The van der Waals surface area contributed by atoms with E-state index in [1.54, 1.807) is 12.5 Å². The van der Waals surface area contributed by atoms with E-state index >= 15 is 0 Å². The quantitative estimate of drug-likeness (QED) is 0.544. The first kappa shape index (κ1) is 11.0. The zero-order valence-corrected chi connectivity index (χ0v) is 9.71. The zero-order valence-electron chi connectivity index (χ0n) is 9.71. The van der Waals surface area contributed by atoms with Gasteiger partial charge in [-0.1, -0.05) is 24.3 Å². The number of nitrogens with zero attached hydrogens (tertiary/aromatic N) is 1. The number of aromatic nitrogens is 1. The van der Waals surface area contributed by atoms with Gasteiger partial charge in [-0.05, 0) is 11.5 Å². The molecule has 0 radical (unpaired) electrons. The van der Waals surface area contributed by atoms with Crippen molar-refractivity contribution in [2.75, 3.05) is 0 Å². The standard InChI is InChI=1S/C14H13N3O/c15-17-14(11-5-6-18-9-11)13-8-16-7-10-3-1-2-4-12(10)13/h1-9,14,17H,15H2. The number of fused-ring (bicyclic) bond motifs is 1. The Morgan fingerprint density at radius 2 is 2.06 bits per heavy atom. The van der Waals surface area contributed by atoms with Crippen LogP contribution in [0.15, 0.2) is 59.7 Å². The Bertz CT molecular complexity index is 644. The van der Waals surface area contributed by atoms with Crippen molar-refractivity contribution in [1.29, 1.82) is 0 Å². The average Bonchev–Trinajstić information content (AvgIpc) is 2.94. The summed E-state index contributed by atoms with van der Waals surface area (Å²) in [7, 11) is 0. The van der Waals surface area contributed by atoms with E-state index in [1.807, 2.05) is 36.7 Å². The Morgan fingerprint density at radius 3 is 2.83 bits per heavy atom. The molecule has 2 aromatic heterocycles. The second kappa shape index (κ2) is 4.60. The van der Waals surface area contributed by atoms with Crippen LogP contribution in [0.3, 0.4) is 0 Å². The number of benzene rings is 1. The van der Waals surface area contributed by atoms with E-state index < -0.39 is 0 Å². The monoisotopic (exact) mass is 239 g/mol. The van der Waals surface area contributed by atoms with E-state index in [9.17, 15) is 0 Å². The number of pyridine rings is 1. The Balaban J connectivity index is 2.18. The Kier molecular flexibility index (Phi) is 2.80. The highest BCUT2D eigenvalue weighted by Gasteiger charge is 2.16. The molecule has 2 heterocycles. The minimum atomic E-state index is -0.123. The molecule has 0 aliphatic heterocycles. The number of hydrogen-bond donors (Lipinski definition) is 2. The Morgan fingerprint density at radius 1 is 1.17 bits per heavy atom. The molecule has 3 aromatic rings. The molecule has 0 fully saturated rings. The third-order valence-corrected chi connectivity index (χ3v) is 3.05. The first-order valence-corrected chi connectivity index (χ1v) is 5.71. The summed E-state index contributed by atoms with van der Waals surface area (Å²) in [6.45, 7) is 0. The molecule has 4 heteroatoms. The minimum Gasteiger partial charge on any atom is -0.472 e. The number of nitrogens with one attached hydrogen (secondary N) is 1. The summed E-state index contributed by atoms with van der Waals surface area (Å²) in [6.07, 6.45) is 7.01. The van der Waals surface area contributed by atoms with Gasteiger partial charge in [-0.25, -0.2) is 5.43 Å². The van der Waals surface area contributed by atoms with Gasteiger partial charge in [0.2, 0.25) is 0 Å². The van der Waals surface area contributed by atoms with Crippen LogP contribution in [0.25, 0.3) is 10.8 Å². The molecule has 3 rings (SSSR count). The first-order chi connectivity index (χ1) is 8.90. The van der Waals surface area contributed by atoms with Crippen LogP contribution in [0.2, 0.25) is 0 Å². The maximum absolute atomic E-state index is 5.67. The molecule has 0 bridgehead atoms. The largest absolute Gasteiger partial charge is 0.472 e. The lowest BCUT2D eigenvalue weighted by Gasteiger charge is -2.16. The molecule has 1 unspecified atom stereocenters. The van der Waals surface area contributed by atoms with Gasteiger partial charge in [0.25, 0.3) is 0 Å². The number of rotatable bonds is 3. The van der Waals surface area contributed by atoms with Crippen molar-refractivity contribution in [2.24, 2.45) is 5.84 Å². The van der Waals surface area contributed by atoms with Crippen LogP contribution in [0.1, 0.15) is 17.2 Å². The smallest absolute Gasteiger partial charge is 0.0954 e. The van der Waals surface area contributed by atoms with Gasteiger partial charge in [0.05, 0.1) is 18.6 Å². The lowest BCUT2D eigenvalue weighted by molar-refractivity contribution is 0.553. The van der Waals surface area contributed by atoms with Crippen LogP contribution < -0.4 is 11.3 Å². The van der Waals surface area contributed by atoms with Crippen LogP contribution in [0, 0.1) is 0 Å². The van der Waals surface area contributed by atoms with E-state index in [-0.39, 0.29) is 6.04 Å². The normalized spacial score (nSPS) is 12.7. The molecule has 1 atom stereocenters. The maximum Gasteiger partial charge on any atom is 0.0954 e. The molecular formula is C14H13N3O. The highest BCUT2D eigenvalue weighted by Crippen LogP contribution is 2.27. The van der Waals surface area contributed by atoms with Gasteiger partial charge in [0.15, 0.2) is 0 Å². The van der Waals surface area contributed by atoms with E-state index in [2.05, 4.69) is 16.5 Å². The topological polar surface area (TPSA) is 64.1 Å². The minimum absolute atomic E-state index is 0.123. The van der Waals surface area contributed by atoms with E-state index in [0.29, 0.717) is 0 Å². The molecule has 0 aliphatic rings. The van der Waals surface area contributed by atoms with Crippen LogP contribution >= 0.6 is 0 Å². The number of hydrazine groups is 1. The fourth-order valence-corrected chi connectivity index (χ4v) is 2.17. The van der Waals surface area contributed by atoms with E-state index in [1.165, 1.54) is 0 Å². The summed E-state index contributed by atoms with van der Waals surface area (Å²) in [5, 5.41) is 2.23. The molecule has 3 N–H and O–H groups in total. The van der Waals surface area contributed by atoms with Gasteiger partial charge in [0.1, 0.15) is 0 Å². The van der Waals surface area contributed by atoms with Crippen LogP contribution in [-0.2, 0) is 0 Å². The van der Waals surface area contributed by atoms with Gasteiger partial charge in [-0.15, -0.1) is 0 Å². The summed E-state index contributed by atoms with van der Waals surface area (Å²) >= 11 is 0. The highest BCUT2D eigenvalue weighted by atomic mass is 16.3. The third kappa shape index (κ3) is 1.77. The van der Waals surface area contributed by atoms with Crippen LogP contribution in [-0.4, -0.2) is 4.98 Å². The fourth-order valence-electron chi connectivity index (χ4n) is 2.17. The molecule has 0 saturated carbocycles. The molecule has 1 aromatic carbocycles. The van der Waals surface area contributed by atoms with E-state index in [4.69, 9.17) is 10.3 Å². The van der Waals surface area contributed by atoms with Crippen molar-refractivity contribution in [3.63, 3.8) is 0 Å². The van der Waals surface area contributed by atoms with Crippen LogP contribution in [0.4, 0.5) is 0 Å². The summed E-state index contributed by atoms with van der Waals surface area (Å²) in [5.41, 5.74) is 4.83. The maximum atomic E-state index is 5.67. The molecule has 0 spiro atoms. The molecule has 18 heavy (non-hydrogen) atoms. The van der Waals surface area contributed by atoms with Crippen LogP contribution in [0.5, 0.6) is 0 Å². The Labute approximate surface area is 104 Å². The van der Waals surface area contributed by atoms with E-state index in [0.717, 1.165) is 21.9 Å². The van der Waals surface area contributed by atoms with Gasteiger partial charge in [-0.3, -0.25) is 10.8 Å². The van der Waals surface area contributed by atoms with Crippen molar-refractivity contribution in [1.82, 2.24) is 10.4 Å². The van der Waals surface area contributed by atoms with Crippen molar-refractivity contribution in [3.05, 3.63) is 66.4 Å². The van der Waals surface area contributed by atoms with Crippen molar-refractivity contribution >= 4 is 10.8 Å². The van der Waals surface area contributed by atoms with Gasteiger partial charge < -0.3 is 4.42 Å². The van der Waals surface area contributed by atoms with Gasteiger partial charge in [-0.2, -0.15) is 0 Å². The van der Waals surface area contributed by atoms with Gasteiger partial charge in [0, 0.05) is 28.9 Å². The number of hydrogen-bond acceptors (Lipinski definition) is 4. The molecule has 0 aliphatic carbocycles. The summed E-state index contributed by atoms with van der Waals surface area (Å²) in [6, 6.07) is 9.88. The second-order valence-corrected chi connectivity index (χ2v) is 4.11. The predicted octanol–water partition coefficient (Wildman–Crippen LogP) is 2.38. The van der Waals surface area contributed by atoms with Crippen molar-refractivity contribution in [3.8, 4) is 0 Å². The predicted molar refractivity (Wildman–Crippen MR) is 69.6 cm³/mol. The SMILES string of the molecule is NNC(c1ccoc1)c1cncc2ccccc12. The highest BCUT2D eigenvalue weighted by molar-refractivity contribution is 5.85. The average molecular weight is 239 g/mol. The molecule has 90 valence electrons. The lowest BCUT2D eigenvalue weighted by atomic mass is 9.98. The number of nitrogens with two attached hydrogens (primary N) is 1. The molecule has 0 amide bonds. The second-order valence-electron chi connectivity index (χ2n) is 4.11. The summed E-state index contributed by atoms with van der Waals surface area (Å²) < 4.78 is 5.11. The fraction of sp³-hybridized carbons (Fsp3) is 0.0714. The zero-order chi connectivity index (χ0) is 12.4. The Hall–Kier alpha value is -2.17. The summed E-state index contributed by atoms with van der Waals surface area (Å²) in [4.78, 5) is 4.27. The molecular weight excluding hydrogens is 226 g/mol. The lowest BCUT2D eigenvalue weighted by Crippen LogP contribution is -2.28. The summed E-state index contributed by atoms with van der Waals surface area (Å²) in [5.74, 6) is 5.67. The van der Waals surface area contributed by atoms with Crippen molar-refractivity contribution < 1.29 is 4.42 Å². The third-order valence-electron chi connectivity index (χ3n) is 3.05. The van der Waals surface area contributed by atoms with Crippen molar-refractivity contribution in [2.45, 2.75) is 6.04 Å².